The lowest BCUT2D eigenvalue weighted by Crippen LogP contribution is -2.24. The number of fused-ring (bicyclic) bond motifs is 1. The minimum atomic E-state index is -0.284. The molecule has 1 aromatic carbocycles. The third kappa shape index (κ3) is 3.72. The van der Waals surface area contributed by atoms with E-state index in [0.717, 1.165) is 28.4 Å². The molecule has 26 heavy (non-hydrogen) atoms. The first-order valence-electron chi connectivity index (χ1n) is 8.60. The number of thiophene rings is 1. The number of benzene rings is 1. The number of nitrogens with one attached hydrogen (secondary N) is 1. The monoisotopic (exact) mass is 374 g/mol. The Morgan fingerprint density at radius 1 is 1.31 bits per heavy atom. The van der Waals surface area contributed by atoms with E-state index in [2.05, 4.69) is 24.1 Å². The molecule has 2 heterocycles. The van der Waals surface area contributed by atoms with E-state index in [1.54, 1.807) is 12.1 Å². The molecule has 0 aliphatic heterocycles. The van der Waals surface area contributed by atoms with Gasteiger partial charge in [-0.25, -0.2) is 9.37 Å². The van der Waals surface area contributed by atoms with Crippen LogP contribution in [0.3, 0.4) is 0 Å². The highest BCUT2D eigenvalue weighted by molar-refractivity contribution is 7.20. The van der Waals surface area contributed by atoms with Gasteiger partial charge in [-0.05, 0) is 42.7 Å². The van der Waals surface area contributed by atoms with Gasteiger partial charge in [-0.2, -0.15) is 0 Å². The van der Waals surface area contributed by atoms with Crippen molar-refractivity contribution >= 4 is 33.5 Å². The Bertz CT molecular complexity index is 912. The van der Waals surface area contributed by atoms with Crippen LogP contribution in [0.25, 0.3) is 16.0 Å². The summed E-state index contributed by atoms with van der Waals surface area (Å²) in [5, 5.41) is 2.96. The number of aromatic nitrogens is 2. The number of hydrogen-bond donors (Lipinski definition) is 1. The number of hydrogen-bond acceptors (Lipinski definition) is 4. The Morgan fingerprint density at radius 3 is 2.62 bits per heavy atom. The van der Waals surface area contributed by atoms with Crippen molar-refractivity contribution in [2.24, 2.45) is 5.92 Å². The van der Waals surface area contributed by atoms with Gasteiger partial charge in [-0.15, -0.1) is 11.3 Å². The summed E-state index contributed by atoms with van der Waals surface area (Å²) >= 11 is 1.40. The van der Waals surface area contributed by atoms with Crippen LogP contribution in [0, 0.1) is 11.7 Å². The summed E-state index contributed by atoms with van der Waals surface area (Å²) < 4.78 is 15.2. The highest BCUT2D eigenvalue weighted by Gasteiger charge is 2.19. The number of halogens is 1. The zero-order valence-corrected chi connectivity index (χ0v) is 16.2. The summed E-state index contributed by atoms with van der Waals surface area (Å²) in [4.78, 5) is 20.5. The molecule has 3 rings (SSSR count). The average molecular weight is 374 g/mol. The van der Waals surface area contributed by atoms with Crippen molar-refractivity contribution in [3.63, 3.8) is 0 Å². The summed E-state index contributed by atoms with van der Waals surface area (Å²) in [5.74, 6) is 0.924. The summed E-state index contributed by atoms with van der Waals surface area (Å²) in [6.45, 7) is 4.92. The Labute approximate surface area is 156 Å². The minimum Gasteiger partial charge on any atom is -0.351 e. The van der Waals surface area contributed by atoms with E-state index in [9.17, 15) is 9.18 Å². The minimum absolute atomic E-state index is 0.0780. The van der Waals surface area contributed by atoms with Crippen molar-refractivity contribution in [3.8, 4) is 5.69 Å². The third-order valence-corrected chi connectivity index (χ3v) is 5.14. The quantitative estimate of drug-likeness (QED) is 0.708. The first-order chi connectivity index (χ1) is 12.4. The van der Waals surface area contributed by atoms with Gasteiger partial charge in [0.25, 0.3) is 5.91 Å². The van der Waals surface area contributed by atoms with Crippen molar-refractivity contribution in [1.29, 1.82) is 0 Å². The number of amides is 1. The van der Waals surface area contributed by atoms with Crippen LogP contribution in [0.2, 0.25) is 0 Å². The number of anilines is 1. The molecule has 0 saturated heterocycles. The van der Waals surface area contributed by atoms with E-state index >= 15 is 0 Å². The molecule has 0 fully saturated rings. The van der Waals surface area contributed by atoms with Crippen LogP contribution >= 0.6 is 11.3 Å². The van der Waals surface area contributed by atoms with Gasteiger partial charge in [0.15, 0.2) is 0 Å². The molecule has 0 unspecified atom stereocenters. The highest BCUT2D eigenvalue weighted by atomic mass is 32.1. The van der Waals surface area contributed by atoms with Crippen LogP contribution in [0.5, 0.6) is 0 Å². The van der Waals surface area contributed by atoms with E-state index < -0.39 is 0 Å². The fourth-order valence-electron chi connectivity index (χ4n) is 2.66. The van der Waals surface area contributed by atoms with E-state index in [1.807, 2.05) is 29.6 Å². The Hall–Kier alpha value is -2.41. The molecule has 0 aliphatic carbocycles. The number of rotatable bonds is 6. The standard InChI is InChI=1S/C19H23FN4OS/c1-12(2)9-10-21-17(25)16-11-15-18(26-16)24(19(22-15)23(3)4)14-7-5-13(20)6-8-14/h5-8,11-12H,9-10H2,1-4H3,(H,21,25). The second-order valence-electron chi connectivity index (χ2n) is 6.86. The second kappa shape index (κ2) is 7.45. The maximum absolute atomic E-state index is 13.3. The number of nitrogens with zero attached hydrogens (tertiary/aromatic N) is 3. The summed E-state index contributed by atoms with van der Waals surface area (Å²) in [6.07, 6.45) is 0.946. The lowest BCUT2D eigenvalue weighted by atomic mass is 10.1. The molecule has 0 aliphatic rings. The number of imidazole rings is 1. The lowest BCUT2D eigenvalue weighted by molar-refractivity contribution is 0.0956. The van der Waals surface area contributed by atoms with Crippen molar-refractivity contribution < 1.29 is 9.18 Å². The zero-order valence-electron chi connectivity index (χ0n) is 15.4. The summed E-state index contributed by atoms with van der Waals surface area (Å²) in [7, 11) is 3.82. The molecular weight excluding hydrogens is 351 g/mol. The molecule has 5 nitrogen and oxygen atoms in total. The summed E-state index contributed by atoms with van der Waals surface area (Å²) in [5.41, 5.74) is 1.57. The van der Waals surface area contributed by atoms with E-state index in [0.29, 0.717) is 17.3 Å². The van der Waals surface area contributed by atoms with Gasteiger partial charge in [-0.3, -0.25) is 9.36 Å². The third-order valence-electron chi connectivity index (χ3n) is 4.03. The molecule has 1 amide bonds. The molecule has 1 N–H and O–H groups in total. The van der Waals surface area contributed by atoms with Crippen LogP contribution in [0.1, 0.15) is 29.9 Å². The molecule has 0 radical (unpaired) electrons. The molecule has 3 aromatic rings. The van der Waals surface area contributed by atoms with E-state index in [4.69, 9.17) is 0 Å². The van der Waals surface area contributed by atoms with Crippen LogP contribution in [0.4, 0.5) is 10.3 Å². The molecular formula is C19H23FN4OS. The molecule has 138 valence electrons. The predicted molar refractivity (Wildman–Crippen MR) is 105 cm³/mol. The van der Waals surface area contributed by atoms with Crippen molar-refractivity contribution in [3.05, 3.63) is 41.0 Å². The Kier molecular flexibility index (Phi) is 5.27. The molecule has 7 heteroatoms. The normalized spacial score (nSPS) is 11.3. The van der Waals surface area contributed by atoms with Crippen LogP contribution in [0.15, 0.2) is 30.3 Å². The van der Waals surface area contributed by atoms with Gasteiger partial charge in [-0.1, -0.05) is 13.8 Å². The Morgan fingerprint density at radius 2 is 2.00 bits per heavy atom. The second-order valence-corrected chi connectivity index (χ2v) is 7.89. The number of carbonyl (C=O) groups excluding carboxylic acids is 1. The number of carbonyl (C=O) groups is 1. The van der Waals surface area contributed by atoms with Crippen LogP contribution < -0.4 is 10.2 Å². The van der Waals surface area contributed by atoms with Gasteiger partial charge in [0.1, 0.15) is 16.2 Å². The van der Waals surface area contributed by atoms with Gasteiger partial charge < -0.3 is 10.2 Å². The molecule has 0 bridgehead atoms. The molecule has 0 spiro atoms. The largest absolute Gasteiger partial charge is 0.351 e. The highest BCUT2D eigenvalue weighted by Crippen LogP contribution is 2.32. The van der Waals surface area contributed by atoms with Gasteiger partial charge in [0, 0.05) is 20.6 Å². The SMILES string of the molecule is CC(C)CCNC(=O)c1cc2nc(N(C)C)n(-c3ccc(F)cc3)c2s1. The zero-order chi connectivity index (χ0) is 18.8. The maximum Gasteiger partial charge on any atom is 0.261 e. The van der Waals surface area contributed by atoms with Crippen molar-refractivity contribution in [2.45, 2.75) is 20.3 Å². The fraction of sp³-hybridized carbons (Fsp3) is 0.368. The first-order valence-corrected chi connectivity index (χ1v) is 9.42. The van der Waals surface area contributed by atoms with Gasteiger partial charge in [0.2, 0.25) is 5.95 Å². The lowest BCUT2D eigenvalue weighted by Gasteiger charge is -2.14. The molecule has 0 saturated carbocycles. The Balaban J connectivity index is 1.97. The van der Waals surface area contributed by atoms with Gasteiger partial charge >= 0.3 is 0 Å². The van der Waals surface area contributed by atoms with E-state index in [-0.39, 0.29) is 11.7 Å². The summed E-state index contributed by atoms with van der Waals surface area (Å²) in [6, 6.07) is 8.09. The first kappa shape index (κ1) is 18.4. The topological polar surface area (TPSA) is 50.2 Å². The smallest absolute Gasteiger partial charge is 0.261 e. The molecule has 2 aromatic heterocycles. The maximum atomic E-state index is 13.3. The predicted octanol–water partition coefficient (Wildman–Crippen LogP) is 4.07. The van der Waals surface area contributed by atoms with Gasteiger partial charge in [0.05, 0.1) is 10.6 Å². The fourth-order valence-corrected chi connectivity index (χ4v) is 3.69. The van der Waals surface area contributed by atoms with E-state index in [1.165, 1.54) is 23.5 Å². The van der Waals surface area contributed by atoms with Crippen LogP contribution in [-0.4, -0.2) is 36.1 Å². The van der Waals surface area contributed by atoms with Crippen molar-refractivity contribution in [1.82, 2.24) is 14.9 Å². The average Bonchev–Trinajstić information content (AvgIpc) is 3.13. The molecule has 0 atom stereocenters. The van der Waals surface area contributed by atoms with Crippen LogP contribution in [-0.2, 0) is 0 Å². The van der Waals surface area contributed by atoms with Crippen molar-refractivity contribution in [2.75, 3.05) is 25.5 Å².